The molecule has 1 aromatic rings. The number of amides is 1. The van der Waals surface area contributed by atoms with Gasteiger partial charge < -0.3 is 15.3 Å². The molecule has 0 fully saturated rings. The quantitative estimate of drug-likeness (QED) is 0.428. The minimum Gasteiger partial charge on any atom is -0.396 e. The summed E-state index contributed by atoms with van der Waals surface area (Å²) in [5, 5.41) is 14.5. The maximum Gasteiger partial charge on any atom is 0.270 e. The van der Waals surface area contributed by atoms with Crippen molar-refractivity contribution in [3.05, 3.63) is 30.3 Å². The van der Waals surface area contributed by atoms with E-state index in [0.29, 0.717) is 18.7 Å². The maximum absolute atomic E-state index is 11.3. The summed E-state index contributed by atoms with van der Waals surface area (Å²) in [7, 11) is 0. The molecule has 1 rings (SSSR count). The van der Waals surface area contributed by atoms with Crippen molar-refractivity contribution >= 4 is 17.8 Å². The molecule has 1 aromatic carbocycles. The summed E-state index contributed by atoms with van der Waals surface area (Å²) in [6.45, 7) is 0.345. The van der Waals surface area contributed by atoms with Crippen LogP contribution in [0.4, 0.5) is 5.69 Å². The molecule has 86 valence electrons. The van der Waals surface area contributed by atoms with Gasteiger partial charge in [-0.05, 0) is 12.1 Å². The number of anilines is 1. The lowest BCUT2D eigenvalue weighted by Crippen LogP contribution is -2.12. The van der Waals surface area contributed by atoms with E-state index in [9.17, 15) is 4.79 Å². The number of hydrogen-bond donors (Lipinski definition) is 2. The molecule has 0 aliphatic heterocycles. The monoisotopic (exact) mass is 222 g/mol. The van der Waals surface area contributed by atoms with E-state index in [4.69, 9.17) is 9.94 Å². The number of nitrogens with zero attached hydrogens (tertiary/aromatic N) is 1. The lowest BCUT2D eigenvalue weighted by atomic mass is 10.3. The molecule has 2 N–H and O–H groups in total. The van der Waals surface area contributed by atoms with E-state index in [1.165, 1.54) is 0 Å². The van der Waals surface area contributed by atoms with Crippen molar-refractivity contribution in [2.45, 2.75) is 6.42 Å². The second-order valence-electron chi connectivity index (χ2n) is 3.00. The van der Waals surface area contributed by atoms with E-state index in [2.05, 4.69) is 10.5 Å². The number of oxime groups is 1. The molecular weight excluding hydrogens is 208 g/mol. The summed E-state index contributed by atoms with van der Waals surface area (Å²) in [6.07, 6.45) is 1.56. The van der Waals surface area contributed by atoms with E-state index in [1.54, 1.807) is 12.1 Å². The largest absolute Gasteiger partial charge is 0.396 e. The van der Waals surface area contributed by atoms with Gasteiger partial charge >= 0.3 is 0 Å². The second-order valence-corrected chi connectivity index (χ2v) is 3.00. The summed E-state index contributed by atoms with van der Waals surface area (Å²) in [5.74, 6) is -0.352. The zero-order valence-electron chi connectivity index (χ0n) is 8.80. The minimum absolute atomic E-state index is 0.0474. The molecule has 1 amide bonds. The van der Waals surface area contributed by atoms with Crippen LogP contribution < -0.4 is 5.32 Å². The summed E-state index contributed by atoms with van der Waals surface area (Å²) < 4.78 is 0. The highest BCUT2D eigenvalue weighted by atomic mass is 16.6. The zero-order chi connectivity index (χ0) is 11.6. The number of aliphatic hydroxyl groups is 1. The fourth-order valence-electron chi connectivity index (χ4n) is 0.963. The van der Waals surface area contributed by atoms with Gasteiger partial charge in [-0.25, -0.2) is 0 Å². The van der Waals surface area contributed by atoms with Crippen LogP contribution in [0, 0.1) is 0 Å². The fraction of sp³-hybridized carbons (Fsp3) is 0.273. The van der Waals surface area contributed by atoms with E-state index < -0.39 is 0 Å². The maximum atomic E-state index is 11.3. The zero-order valence-corrected chi connectivity index (χ0v) is 8.80. The van der Waals surface area contributed by atoms with Crippen LogP contribution in [0.25, 0.3) is 0 Å². The van der Waals surface area contributed by atoms with Gasteiger partial charge in [0.2, 0.25) is 0 Å². The molecule has 5 heteroatoms. The number of carbonyl (C=O) groups is 1. The predicted molar refractivity (Wildman–Crippen MR) is 61.2 cm³/mol. The van der Waals surface area contributed by atoms with Crippen molar-refractivity contribution in [1.82, 2.24) is 0 Å². The van der Waals surface area contributed by atoms with Gasteiger partial charge in [0.15, 0.2) is 0 Å². The molecule has 0 aliphatic rings. The van der Waals surface area contributed by atoms with Crippen molar-refractivity contribution in [2.24, 2.45) is 5.16 Å². The molecule has 0 saturated heterocycles. The number of aliphatic hydroxyl groups excluding tert-OH is 1. The third-order valence-electron chi connectivity index (χ3n) is 1.68. The van der Waals surface area contributed by atoms with Crippen LogP contribution in [0.1, 0.15) is 6.42 Å². The Hall–Kier alpha value is -1.88. The highest BCUT2D eigenvalue weighted by Gasteiger charge is 1.96. The van der Waals surface area contributed by atoms with Gasteiger partial charge in [0.1, 0.15) is 12.8 Å². The molecule has 0 atom stereocenters. The summed E-state index contributed by atoms with van der Waals surface area (Å²) >= 11 is 0. The molecule has 0 aliphatic carbocycles. The van der Waals surface area contributed by atoms with Gasteiger partial charge in [-0.3, -0.25) is 4.79 Å². The number of benzene rings is 1. The Morgan fingerprint density at radius 1 is 1.44 bits per heavy atom. The average Bonchev–Trinajstić information content (AvgIpc) is 2.30. The molecule has 0 spiro atoms. The first kappa shape index (κ1) is 12.2. The lowest BCUT2D eigenvalue weighted by Gasteiger charge is -2.00. The molecule has 0 saturated carbocycles. The van der Waals surface area contributed by atoms with E-state index in [-0.39, 0.29) is 12.5 Å². The van der Waals surface area contributed by atoms with Gasteiger partial charge in [-0.2, -0.15) is 0 Å². The molecular formula is C11H14N2O3. The van der Waals surface area contributed by atoms with Gasteiger partial charge in [0.05, 0.1) is 0 Å². The highest BCUT2D eigenvalue weighted by molar-refractivity contribution is 6.31. The van der Waals surface area contributed by atoms with Gasteiger partial charge in [-0.1, -0.05) is 23.4 Å². The van der Waals surface area contributed by atoms with E-state index in [0.717, 1.165) is 6.21 Å². The van der Waals surface area contributed by atoms with E-state index >= 15 is 0 Å². The summed E-state index contributed by atoms with van der Waals surface area (Å²) in [6, 6.07) is 9.06. The lowest BCUT2D eigenvalue weighted by molar-refractivity contribution is -0.110. The normalized spacial score (nSPS) is 10.3. The first-order valence-electron chi connectivity index (χ1n) is 4.95. The predicted octanol–water partition coefficient (Wildman–Crippen LogP) is 1.01. The minimum atomic E-state index is -0.352. The first-order valence-corrected chi connectivity index (χ1v) is 4.95. The fourth-order valence-corrected chi connectivity index (χ4v) is 0.963. The van der Waals surface area contributed by atoms with Gasteiger partial charge in [0.25, 0.3) is 5.91 Å². The van der Waals surface area contributed by atoms with Crippen LogP contribution in [-0.4, -0.2) is 30.4 Å². The number of nitrogens with one attached hydrogen (secondary N) is 1. The standard InChI is InChI=1S/C11H14N2O3/c14-7-4-8-16-12-9-11(15)13-10-5-2-1-3-6-10/h1-3,5-6,9,14H,4,7-8H2,(H,13,15)/b12-9+. The molecule has 5 nitrogen and oxygen atoms in total. The average molecular weight is 222 g/mol. The Morgan fingerprint density at radius 3 is 2.88 bits per heavy atom. The second kappa shape index (κ2) is 7.42. The smallest absolute Gasteiger partial charge is 0.270 e. The first-order chi connectivity index (χ1) is 7.83. The van der Waals surface area contributed by atoms with Crippen molar-refractivity contribution in [3.63, 3.8) is 0 Å². The molecule has 0 aromatic heterocycles. The van der Waals surface area contributed by atoms with Crippen LogP contribution in [0.2, 0.25) is 0 Å². The Bertz CT molecular complexity index is 338. The number of para-hydroxylation sites is 1. The molecule has 0 heterocycles. The van der Waals surface area contributed by atoms with Crippen molar-refractivity contribution in [3.8, 4) is 0 Å². The van der Waals surface area contributed by atoms with Crippen LogP contribution in [0.15, 0.2) is 35.5 Å². The number of carbonyl (C=O) groups excluding carboxylic acids is 1. The third-order valence-corrected chi connectivity index (χ3v) is 1.68. The Kier molecular flexibility index (Phi) is 5.65. The highest BCUT2D eigenvalue weighted by Crippen LogP contribution is 2.03. The van der Waals surface area contributed by atoms with Crippen LogP contribution >= 0.6 is 0 Å². The topological polar surface area (TPSA) is 70.9 Å². The van der Waals surface area contributed by atoms with Crippen molar-refractivity contribution in [1.29, 1.82) is 0 Å². The van der Waals surface area contributed by atoms with E-state index in [1.807, 2.05) is 18.2 Å². The molecule has 0 bridgehead atoms. The molecule has 0 radical (unpaired) electrons. The number of hydrogen-bond acceptors (Lipinski definition) is 4. The Morgan fingerprint density at radius 2 is 2.19 bits per heavy atom. The van der Waals surface area contributed by atoms with Crippen LogP contribution in [0.3, 0.4) is 0 Å². The van der Waals surface area contributed by atoms with Crippen LogP contribution in [0.5, 0.6) is 0 Å². The van der Waals surface area contributed by atoms with Gasteiger partial charge in [0, 0.05) is 18.7 Å². The van der Waals surface area contributed by atoms with Gasteiger partial charge in [-0.15, -0.1) is 0 Å². The van der Waals surface area contributed by atoms with Crippen LogP contribution in [-0.2, 0) is 9.63 Å². The molecule has 16 heavy (non-hydrogen) atoms. The summed E-state index contributed by atoms with van der Waals surface area (Å²) in [5.41, 5.74) is 0.703. The molecule has 0 unspecified atom stereocenters. The SMILES string of the molecule is O=C(/C=N/OCCCO)Nc1ccccc1. The Balaban J connectivity index is 2.25. The third kappa shape index (κ3) is 5.11. The number of rotatable bonds is 6. The summed E-state index contributed by atoms with van der Waals surface area (Å²) in [4.78, 5) is 16.0. The van der Waals surface area contributed by atoms with Crippen molar-refractivity contribution < 1.29 is 14.7 Å². The van der Waals surface area contributed by atoms with Crippen molar-refractivity contribution in [2.75, 3.05) is 18.5 Å². The Labute approximate surface area is 93.7 Å².